The Hall–Kier alpha value is -2.28. The zero-order chi connectivity index (χ0) is 19.8. The first kappa shape index (κ1) is 19.1. The number of hydrogen-bond donors (Lipinski definition) is 0. The number of aromatic nitrogens is 1. The van der Waals surface area contributed by atoms with Gasteiger partial charge in [0.1, 0.15) is 5.83 Å². The van der Waals surface area contributed by atoms with Crippen molar-refractivity contribution < 1.29 is 9.13 Å². The fourth-order valence-electron chi connectivity index (χ4n) is 4.06. The van der Waals surface area contributed by atoms with Gasteiger partial charge in [0.2, 0.25) is 5.88 Å². The lowest BCUT2D eigenvalue weighted by atomic mass is 9.87. The molecule has 7 heteroatoms. The Morgan fingerprint density at radius 1 is 1.32 bits per heavy atom. The maximum Gasteiger partial charge on any atom is 0.213 e. The molecule has 0 radical (unpaired) electrons. The van der Waals surface area contributed by atoms with E-state index >= 15 is 0 Å². The van der Waals surface area contributed by atoms with E-state index in [0.717, 1.165) is 23.9 Å². The van der Waals surface area contributed by atoms with Gasteiger partial charge < -0.3 is 14.5 Å². The zero-order valence-corrected chi connectivity index (χ0v) is 17.4. The first-order chi connectivity index (χ1) is 13.5. The molecule has 5 nitrogen and oxygen atoms in total. The first-order valence-electron chi connectivity index (χ1n) is 9.44. The van der Waals surface area contributed by atoms with Crippen LogP contribution in [-0.2, 0) is 0 Å². The SMILES string of the molecule is COc1ccc(N=C(SC)N2CC(N3C(C)=CC4C3=CC=C(F)C4C)C2)cn1. The second-order valence-corrected chi connectivity index (χ2v) is 8.13. The summed E-state index contributed by atoms with van der Waals surface area (Å²) in [5, 5.41) is 0.984. The number of thioether (sulfide) groups is 1. The molecule has 1 saturated heterocycles. The Balaban J connectivity index is 1.46. The number of amidine groups is 1. The number of fused-ring (bicyclic) bond motifs is 1. The number of nitrogens with zero attached hydrogens (tertiary/aromatic N) is 4. The molecule has 4 rings (SSSR count). The molecule has 3 heterocycles. The van der Waals surface area contributed by atoms with E-state index in [0.29, 0.717) is 11.9 Å². The van der Waals surface area contributed by atoms with Crippen LogP contribution in [0.4, 0.5) is 10.1 Å². The zero-order valence-electron chi connectivity index (χ0n) is 16.6. The highest BCUT2D eigenvalue weighted by atomic mass is 32.2. The predicted octanol–water partition coefficient (Wildman–Crippen LogP) is 4.35. The molecule has 2 unspecified atom stereocenters. The van der Waals surface area contributed by atoms with Crippen LogP contribution in [0.15, 0.2) is 58.8 Å². The second-order valence-electron chi connectivity index (χ2n) is 7.35. The molecule has 2 atom stereocenters. The molecule has 1 aliphatic carbocycles. The quantitative estimate of drug-likeness (QED) is 0.557. The molecule has 0 N–H and O–H groups in total. The minimum Gasteiger partial charge on any atom is -0.481 e. The number of hydrogen-bond acceptors (Lipinski definition) is 5. The van der Waals surface area contributed by atoms with Gasteiger partial charge in [0.15, 0.2) is 5.17 Å². The minimum absolute atomic E-state index is 0.0280. The van der Waals surface area contributed by atoms with Crippen LogP contribution in [0.25, 0.3) is 0 Å². The first-order valence-corrected chi connectivity index (χ1v) is 10.7. The van der Waals surface area contributed by atoms with E-state index in [2.05, 4.69) is 27.8 Å². The van der Waals surface area contributed by atoms with E-state index in [1.54, 1.807) is 31.1 Å². The topological polar surface area (TPSA) is 41.0 Å². The molecule has 3 aliphatic rings. The molecular formula is C21H25FN4OS. The summed E-state index contributed by atoms with van der Waals surface area (Å²) in [6.45, 7) is 5.89. The number of ether oxygens (including phenoxy) is 1. The molecular weight excluding hydrogens is 375 g/mol. The fraction of sp³-hybridized carbons (Fsp3) is 0.429. The third kappa shape index (κ3) is 3.32. The van der Waals surface area contributed by atoms with Gasteiger partial charge in [-0.2, -0.15) is 0 Å². The van der Waals surface area contributed by atoms with E-state index in [1.165, 1.54) is 11.4 Å². The monoisotopic (exact) mass is 400 g/mol. The molecule has 1 aromatic heterocycles. The van der Waals surface area contributed by atoms with Crippen molar-refractivity contribution in [2.75, 3.05) is 26.5 Å². The Kier molecular flexibility index (Phi) is 5.19. The van der Waals surface area contributed by atoms with Crippen molar-refractivity contribution in [2.45, 2.75) is 19.9 Å². The number of rotatable bonds is 3. The highest BCUT2D eigenvalue weighted by molar-refractivity contribution is 8.13. The average molecular weight is 401 g/mol. The van der Waals surface area contributed by atoms with E-state index < -0.39 is 0 Å². The summed E-state index contributed by atoms with van der Waals surface area (Å²) >= 11 is 1.64. The average Bonchev–Trinajstić information content (AvgIpc) is 3.00. The Labute approximate surface area is 169 Å². The minimum atomic E-state index is -0.0815. The van der Waals surface area contributed by atoms with E-state index in [1.807, 2.05) is 31.4 Å². The maximum atomic E-state index is 14.0. The summed E-state index contributed by atoms with van der Waals surface area (Å²) in [6, 6.07) is 4.12. The van der Waals surface area contributed by atoms with Gasteiger partial charge in [0.05, 0.1) is 25.0 Å². The molecule has 148 valence electrons. The van der Waals surface area contributed by atoms with Crippen molar-refractivity contribution >= 4 is 22.6 Å². The summed E-state index contributed by atoms with van der Waals surface area (Å²) in [7, 11) is 1.60. The van der Waals surface area contributed by atoms with Crippen LogP contribution in [0, 0.1) is 11.8 Å². The fourth-order valence-corrected chi connectivity index (χ4v) is 4.66. The molecule has 0 saturated carbocycles. The van der Waals surface area contributed by atoms with Gasteiger partial charge in [0.25, 0.3) is 0 Å². The normalized spacial score (nSPS) is 25.0. The van der Waals surface area contributed by atoms with Gasteiger partial charge in [-0.25, -0.2) is 14.4 Å². The van der Waals surface area contributed by atoms with Crippen molar-refractivity contribution in [1.29, 1.82) is 0 Å². The van der Waals surface area contributed by atoms with Gasteiger partial charge >= 0.3 is 0 Å². The van der Waals surface area contributed by atoms with Crippen LogP contribution < -0.4 is 4.74 Å². The van der Waals surface area contributed by atoms with E-state index in [9.17, 15) is 4.39 Å². The smallest absolute Gasteiger partial charge is 0.213 e. The van der Waals surface area contributed by atoms with Crippen LogP contribution in [0.1, 0.15) is 13.8 Å². The van der Waals surface area contributed by atoms with Gasteiger partial charge in [0, 0.05) is 42.4 Å². The number of methoxy groups -OCH3 is 1. The number of halogens is 1. The van der Waals surface area contributed by atoms with Gasteiger partial charge in [-0.3, -0.25) is 0 Å². The third-order valence-corrected chi connectivity index (χ3v) is 6.36. The number of allylic oxidation sites excluding steroid dienone is 5. The molecule has 1 aromatic rings. The third-order valence-electron chi connectivity index (χ3n) is 5.64. The van der Waals surface area contributed by atoms with Crippen LogP contribution >= 0.6 is 11.8 Å². The Bertz CT molecular complexity index is 871. The molecule has 2 aliphatic heterocycles. The number of pyridine rings is 1. The summed E-state index contributed by atoms with van der Waals surface area (Å²) in [5.41, 5.74) is 3.26. The molecule has 28 heavy (non-hydrogen) atoms. The Morgan fingerprint density at radius 3 is 2.75 bits per heavy atom. The standard InChI is InChI=1S/C21H25FN4OS/c1-13-9-17-14(2)18(22)6-7-19(17)26(13)16-11-25(12-16)21(28-4)24-15-5-8-20(27-3)23-10-15/h5-10,14,16-17H,11-12H2,1-4H3. The summed E-state index contributed by atoms with van der Waals surface area (Å²) in [6.07, 6.45) is 9.54. The lowest BCUT2D eigenvalue weighted by molar-refractivity contribution is 0.135. The van der Waals surface area contributed by atoms with E-state index in [4.69, 9.17) is 9.73 Å². The number of aliphatic imine (C=N–C) groups is 1. The molecule has 1 fully saturated rings. The Morgan fingerprint density at radius 2 is 2.11 bits per heavy atom. The molecule has 0 bridgehead atoms. The van der Waals surface area contributed by atoms with Crippen molar-refractivity contribution in [3.63, 3.8) is 0 Å². The summed E-state index contributed by atoms with van der Waals surface area (Å²) in [4.78, 5) is 13.6. The predicted molar refractivity (Wildman–Crippen MR) is 112 cm³/mol. The lowest BCUT2D eigenvalue weighted by Gasteiger charge is -2.47. The molecule has 0 aromatic carbocycles. The highest BCUT2D eigenvalue weighted by Crippen LogP contribution is 2.43. The lowest BCUT2D eigenvalue weighted by Crippen LogP contribution is -2.59. The molecule has 0 amide bonds. The van der Waals surface area contributed by atoms with Crippen molar-refractivity contribution in [3.05, 3.63) is 53.8 Å². The van der Waals surface area contributed by atoms with Crippen LogP contribution in [-0.4, -0.2) is 52.4 Å². The van der Waals surface area contributed by atoms with E-state index in [-0.39, 0.29) is 17.7 Å². The van der Waals surface area contributed by atoms with Gasteiger partial charge in [-0.1, -0.05) is 24.8 Å². The second kappa shape index (κ2) is 7.62. The highest BCUT2D eigenvalue weighted by Gasteiger charge is 2.42. The van der Waals surface area contributed by atoms with Gasteiger partial charge in [-0.15, -0.1) is 0 Å². The molecule has 0 spiro atoms. The van der Waals surface area contributed by atoms with Crippen LogP contribution in [0.3, 0.4) is 0 Å². The van der Waals surface area contributed by atoms with Gasteiger partial charge in [-0.05, 0) is 31.4 Å². The van der Waals surface area contributed by atoms with Crippen molar-refractivity contribution in [2.24, 2.45) is 16.8 Å². The van der Waals surface area contributed by atoms with Crippen LogP contribution in [0.5, 0.6) is 5.88 Å². The largest absolute Gasteiger partial charge is 0.481 e. The van der Waals surface area contributed by atoms with Crippen molar-refractivity contribution in [3.8, 4) is 5.88 Å². The van der Waals surface area contributed by atoms with Crippen molar-refractivity contribution in [1.82, 2.24) is 14.8 Å². The van der Waals surface area contributed by atoms with Crippen LogP contribution in [0.2, 0.25) is 0 Å². The summed E-state index contributed by atoms with van der Waals surface area (Å²) < 4.78 is 19.1. The maximum absolute atomic E-state index is 14.0. The summed E-state index contributed by atoms with van der Waals surface area (Å²) in [5.74, 6) is 0.625. The number of likely N-dealkylation sites (tertiary alicyclic amines) is 1.